The Morgan fingerprint density at radius 1 is 0.452 bits per heavy atom. The molecule has 0 saturated carbocycles. The van der Waals surface area contributed by atoms with Crippen LogP contribution in [0.5, 0.6) is 0 Å². The van der Waals surface area contributed by atoms with Gasteiger partial charge in [-0.05, 0) is 0 Å². The molecule has 0 aliphatic carbocycles. The highest BCUT2D eigenvalue weighted by Crippen LogP contribution is 2.30. The van der Waals surface area contributed by atoms with Crippen LogP contribution >= 0.6 is 15.9 Å². The highest BCUT2D eigenvalue weighted by molar-refractivity contribution is 9.08. The van der Waals surface area contributed by atoms with Gasteiger partial charge in [-0.1, -0.05) is 46.3 Å². The smallest absolute Gasteiger partial charge is 0.227 e. The van der Waals surface area contributed by atoms with Crippen molar-refractivity contribution in [2.24, 2.45) is 0 Å². The van der Waals surface area contributed by atoms with E-state index in [0.717, 1.165) is 11.3 Å². The number of halogens is 21. The maximum absolute atomic E-state index is 15.4. The zero-order valence-corrected chi connectivity index (χ0v) is 30.9. The minimum atomic E-state index is -7.22. The lowest BCUT2D eigenvalue weighted by molar-refractivity contribution is -0.684. The molecule has 25 heteroatoms. The largest absolute Gasteiger partial charge is 0.287 e. The Balaban J connectivity index is 0.000000355. The lowest BCUT2D eigenvalue weighted by atomic mass is 9.12. The van der Waals surface area contributed by atoms with Crippen LogP contribution in [0.25, 0.3) is 0 Å². The number of Topliss-reactive ketones (excluding diaryl/α,β-unsaturated/α-hetero) is 1. The van der Waals surface area contributed by atoms with Gasteiger partial charge in [-0.3, -0.25) is 4.79 Å². The van der Waals surface area contributed by atoms with Crippen LogP contribution in [-0.4, -0.2) is 16.9 Å². The minimum Gasteiger partial charge on any atom is -0.287 e. The van der Waals surface area contributed by atoms with E-state index < -0.39 is 144 Å². The van der Waals surface area contributed by atoms with E-state index in [2.05, 4.69) is 20.9 Å². The van der Waals surface area contributed by atoms with Crippen LogP contribution in [0.2, 0.25) is 0 Å². The molecule has 326 valence electrons. The monoisotopic (exact) mass is 970 g/mol. The molecular weight excluding hydrogens is 959 g/mol. The standard InChI is InChI=1S/C24BF20.C13H12BrN2O/c26-5-1(6(27)14(35)21(42)13(5)34)25(2-7(28)15(36)22(43)16(37)8(2)29,3-9(30)17(38)23(44)18(39)10(3)31)4-11(32)19(40)24(45)20(41)12(4)33;14-8-12-9-16(7-6-15-12)10-13(17)11-4-2-1-3-5-11/h;1-7,9H,8,10H2/q-1;+1. The molecule has 0 fully saturated rings. The summed E-state index contributed by atoms with van der Waals surface area (Å²) < 4.78 is 296. The van der Waals surface area contributed by atoms with Gasteiger partial charge >= 0.3 is 0 Å². The van der Waals surface area contributed by atoms with E-state index in [0.29, 0.717) is 11.9 Å². The summed E-state index contributed by atoms with van der Waals surface area (Å²) in [6.07, 6.45) is -1.84. The lowest BCUT2D eigenvalue weighted by Gasteiger charge is -2.44. The highest BCUT2D eigenvalue weighted by Gasteiger charge is 2.52. The summed E-state index contributed by atoms with van der Waals surface area (Å²) in [4.78, 5) is 16.1. The fourth-order valence-electron chi connectivity index (χ4n) is 6.41. The summed E-state index contributed by atoms with van der Waals surface area (Å²) >= 11 is 3.34. The Labute approximate surface area is 339 Å². The molecule has 0 atom stereocenters. The van der Waals surface area contributed by atoms with Gasteiger partial charge in [-0.25, -0.2) is 92.8 Å². The van der Waals surface area contributed by atoms with Crippen molar-refractivity contribution in [3.05, 3.63) is 177 Å². The van der Waals surface area contributed by atoms with E-state index in [4.69, 9.17) is 0 Å². The van der Waals surface area contributed by atoms with Crippen molar-refractivity contribution in [2.75, 3.05) is 0 Å². The second-order valence-corrected chi connectivity index (χ2v) is 13.0. The first-order valence-corrected chi connectivity index (χ1v) is 17.3. The Morgan fingerprint density at radius 3 is 1.00 bits per heavy atom. The normalized spacial score (nSPS) is 11.5. The molecule has 0 bridgehead atoms. The van der Waals surface area contributed by atoms with E-state index in [1.165, 1.54) is 0 Å². The number of aromatic nitrogens is 2. The van der Waals surface area contributed by atoms with Crippen molar-refractivity contribution in [1.29, 1.82) is 0 Å². The number of alkyl halides is 1. The van der Waals surface area contributed by atoms with E-state index in [9.17, 15) is 57.5 Å². The molecular formula is C37H12BBrF20N2O. The van der Waals surface area contributed by atoms with Gasteiger partial charge in [0.15, 0.2) is 82.2 Å². The van der Waals surface area contributed by atoms with E-state index in [-0.39, 0.29) is 5.78 Å². The molecule has 6 aromatic rings. The van der Waals surface area contributed by atoms with Gasteiger partial charge in [-0.2, -0.15) is 4.57 Å². The molecule has 0 amide bonds. The Kier molecular flexibility index (Phi) is 13.5. The summed E-state index contributed by atoms with van der Waals surface area (Å²) in [6.45, 7) is 0.340. The van der Waals surface area contributed by atoms with Crippen molar-refractivity contribution in [1.82, 2.24) is 4.98 Å². The molecule has 6 rings (SSSR count). The minimum absolute atomic E-state index is 0.0994. The molecule has 0 spiro atoms. The van der Waals surface area contributed by atoms with Crippen LogP contribution in [0, 0.1) is 116 Å². The van der Waals surface area contributed by atoms with E-state index in [1.807, 2.05) is 41.1 Å². The van der Waals surface area contributed by atoms with Crippen LogP contribution in [-0.2, 0) is 11.9 Å². The van der Waals surface area contributed by atoms with Crippen molar-refractivity contribution >= 4 is 49.7 Å². The number of benzene rings is 5. The molecule has 0 N–H and O–H groups in total. The molecule has 1 aromatic heterocycles. The number of ketones is 1. The van der Waals surface area contributed by atoms with E-state index >= 15 is 35.1 Å². The molecule has 0 aliphatic heterocycles. The van der Waals surface area contributed by atoms with Gasteiger partial charge in [0.1, 0.15) is 58.4 Å². The lowest BCUT2D eigenvalue weighted by Crippen LogP contribution is -2.81. The Morgan fingerprint density at radius 2 is 0.726 bits per heavy atom. The van der Waals surface area contributed by atoms with Gasteiger partial charge in [0.2, 0.25) is 12.3 Å². The summed E-state index contributed by atoms with van der Waals surface area (Å²) in [5.74, 6) is -71.3. The molecule has 3 nitrogen and oxygen atoms in total. The molecule has 0 unspecified atom stereocenters. The van der Waals surface area contributed by atoms with Gasteiger partial charge in [-0.15, -0.1) is 21.9 Å². The first kappa shape index (κ1) is 47.1. The summed E-state index contributed by atoms with van der Waals surface area (Å²) in [5, 5.41) is 0.688. The molecule has 0 saturated heterocycles. The predicted octanol–water partition coefficient (Wildman–Crippen LogP) is 7.99. The third-order valence-corrected chi connectivity index (χ3v) is 9.65. The number of hydrogen-bond acceptors (Lipinski definition) is 2. The summed E-state index contributed by atoms with van der Waals surface area (Å²) in [7, 11) is 0. The fraction of sp³-hybridized carbons (Fsp3) is 0.0541. The third-order valence-electron chi connectivity index (χ3n) is 9.08. The predicted molar refractivity (Wildman–Crippen MR) is 177 cm³/mol. The SMILES string of the molecule is Fc1c(F)c(F)c([B-](c2c(F)c(F)c(F)c(F)c2F)(c2c(F)c(F)c(F)c(F)c2F)c2c(F)c(F)c(F)c(F)c2F)c(F)c1F.O=C(C[n+]1ccnc(CBr)c1)c1ccccc1. The van der Waals surface area contributed by atoms with Crippen LogP contribution in [0.4, 0.5) is 87.8 Å². The van der Waals surface area contributed by atoms with Gasteiger partial charge in [0, 0.05) is 5.56 Å². The maximum atomic E-state index is 15.4. The Bertz CT molecular complexity index is 2410. The second-order valence-electron chi connectivity index (χ2n) is 12.4. The van der Waals surface area contributed by atoms with Crippen molar-refractivity contribution in [2.45, 2.75) is 11.9 Å². The summed E-state index contributed by atoms with van der Waals surface area (Å²) in [5.41, 5.74) is -12.7. The second kappa shape index (κ2) is 17.8. The summed E-state index contributed by atoms with van der Waals surface area (Å²) in [6, 6.07) is 9.30. The third kappa shape index (κ3) is 7.52. The van der Waals surface area contributed by atoms with Crippen LogP contribution in [0.15, 0.2) is 48.9 Å². The molecule has 5 aromatic carbocycles. The van der Waals surface area contributed by atoms with Gasteiger partial charge in [0.25, 0.3) is 0 Å². The van der Waals surface area contributed by atoms with Crippen LogP contribution in [0.3, 0.4) is 0 Å². The molecule has 1 heterocycles. The quantitative estimate of drug-likeness (QED) is 0.0295. The molecule has 62 heavy (non-hydrogen) atoms. The van der Waals surface area contributed by atoms with Gasteiger partial charge in [0.05, 0.1) is 11.5 Å². The van der Waals surface area contributed by atoms with Crippen LogP contribution < -0.4 is 26.4 Å². The van der Waals surface area contributed by atoms with E-state index in [1.54, 1.807) is 12.4 Å². The number of hydrogen-bond donors (Lipinski definition) is 0. The first-order chi connectivity index (χ1) is 29.0. The molecule has 0 aliphatic rings. The zero-order valence-electron chi connectivity index (χ0n) is 29.4. The topological polar surface area (TPSA) is 33.8 Å². The molecule has 0 radical (unpaired) electrons. The van der Waals surface area contributed by atoms with Crippen molar-refractivity contribution in [3.8, 4) is 0 Å². The fourth-order valence-corrected chi connectivity index (χ4v) is 6.69. The van der Waals surface area contributed by atoms with Gasteiger partial charge < -0.3 is 0 Å². The number of rotatable bonds is 8. The Hall–Kier alpha value is -6.01. The maximum Gasteiger partial charge on any atom is 0.227 e. The van der Waals surface area contributed by atoms with Crippen LogP contribution in [0.1, 0.15) is 16.1 Å². The number of carbonyl (C=O) groups excluding carboxylic acids is 1. The first-order valence-electron chi connectivity index (χ1n) is 16.2. The number of nitrogens with zero attached hydrogens (tertiary/aromatic N) is 2. The average Bonchev–Trinajstić information content (AvgIpc) is 3.26. The van der Waals surface area contributed by atoms with Crippen molar-refractivity contribution in [3.63, 3.8) is 0 Å². The number of carbonyl (C=O) groups is 1. The highest BCUT2D eigenvalue weighted by atomic mass is 79.9. The van der Waals surface area contributed by atoms with Crippen molar-refractivity contribution < 1.29 is 97.2 Å². The average molecular weight is 971 g/mol. The zero-order chi connectivity index (χ0) is 46.4.